The van der Waals surface area contributed by atoms with Gasteiger partial charge in [-0.05, 0) is 57.7 Å². The lowest BCUT2D eigenvalue weighted by molar-refractivity contribution is -0.144. The molecule has 1 aliphatic rings. The van der Waals surface area contributed by atoms with E-state index in [0.717, 1.165) is 19.4 Å². The van der Waals surface area contributed by atoms with Crippen molar-refractivity contribution in [2.24, 2.45) is 5.92 Å². The second-order valence-electron chi connectivity index (χ2n) is 6.13. The van der Waals surface area contributed by atoms with Gasteiger partial charge < -0.3 is 10.0 Å². The number of hydrogen-bond acceptors (Lipinski definition) is 2. The molecule has 1 aromatic carbocycles. The van der Waals surface area contributed by atoms with Crippen LogP contribution in [0.2, 0.25) is 0 Å². The Balaban J connectivity index is 2.43. The Bertz CT molecular complexity index is 494. The third-order valence-electron chi connectivity index (χ3n) is 4.38. The van der Waals surface area contributed by atoms with Gasteiger partial charge in [-0.3, -0.25) is 4.79 Å². The fraction of sp³-hybridized carbons (Fsp3) is 0.562. The van der Waals surface area contributed by atoms with Crippen molar-refractivity contribution in [2.45, 2.75) is 46.1 Å². The third-order valence-corrected chi connectivity index (χ3v) is 4.38. The number of nitrogens with zero attached hydrogens (tertiary/aromatic N) is 1. The van der Waals surface area contributed by atoms with Crippen LogP contribution < -0.4 is 4.90 Å². The molecule has 3 nitrogen and oxygen atoms in total. The van der Waals surface area contributed by atoms with Gasteiger partial charge in [0.1, 0.15) is 0 Å². The van der Waals surface area contributed by atoms with Gasteiger partial charge in [0.05, 0.1) is 5.92 Å². The van der Waals surface area contributed by atoms with Crippen LogP contribution in [0, 0.1) is 19.8 Å². The standard InChI is InChI=1S/C16H23NO2/c1-11-7-8-12(2)14(10-11)17-9-5-6-13(15(18)19)16(17,3)4/h7-8,10,13H,5-6,9H2,1-4H3,(H,18,19). The van der Waals surface area contributed by atoms with Crippen LogP contribution in [0.1, 0.15) is 37.8 Å². The van der Waals surface area contributed by atoms with E-state index in [0.29, 0.717) is 0 Å². The summed E-state index contributed by atoms with van der Waals surface area (Å²) < 4.78 is 0. The van der Waals surface area contributed by atoms with Crippen LogP contribution in [0.4, 0.5) is 5.69 Å². The second-order valence-corrected chi connectivity index (χ2v) is 6.13. The smallest absolute Gasteiger partial charge is 0.308 e. The van der Waals surface area contributed by atoms with Crippen molar-refractivity contribution in [1.29, 1.82) is 0 Å². The molecular formula is C16H23NO2. The van der Waals surface area contributed by atoms with E-state index in [4.69, 9.17) is 0 Å². The molecule has 0 spiro atoms. The van der Waals surface area contributed by atoms with E-state index in [1.165, 1.54) is 16.8 Å². The summed E-state index contributed by atoms with van der Waals surface area (Å²) in [7, 11) is 0. The van der Waals surface area contributed by atoms with E-state index in [9.17, 15) is 9.90 Å². The lowest BCUT2D eigenvalue weighted by atomic mass is 9.78. The maximum atomic E-state index is 11.5. The van der Waals surface area contributed by atoms with Crippen molar-refractivity contribution in [2.75, 3.05) is 11.4 Å². The van der Waals surface area contributed by atoms with Crippen molar-refractivity contribution in [1.82, 2.24) is 0 Å². The second kappa shape index (κ2) is 4.87. The summed E-state index contributed by atoms with van der Waals surface area (Å²) >= 11 is 0. The molecule has 0 bridgehead atoms. The van der Waals surface area contributed by atoms with Crippen LogP contribution in [0.25, 0.3) is 0 Å². The molecule has 1 fully saturated rings. The summed E-state index contributed by atoms with van der Waals surface area (Å²) in [6.45, 7) is 9.20. The van der Waals surface area contributed by atoms with Gasteiger partial charge in [-0.15, -0.1) is 0 Å². The molecule has 1 saturated heterocycles. The minimum Gasteiger partial charge on any atom is -0.481 e. The molecule has 3 heteroatoms. The first-order chi connectivity index (χ1) is 8.84. The summed E-state index contributed by atoms with van der Waals surface area (Å²) in [6.07, 6.45) is 1.71. The highest BCUT2D eigenvalue weighted by Crippen LogP contribution is 2.38. The number of anilines is 1. The Kier molecular flexibility index (Phi) is 3.57. The van der Waals surface area contributed by atoms with E-state index in [1.807, 2.05) is 13.8 Å². The van der Waals surface area contributed by atoms with Crippen LogP contribution in [0.15, 0.2) is 18.2 Å². The molecule has 1 unspecified atom stereocenters. The Labute approximate surface area is 115 Å². The van der Waals surface area contributed by atoms with E-state index < -0.39 is 5.97 Å². The fourth-order valence-corrected chi connectivity index (χ4v) is 3.15. The average molecular weight is 261 g/mol. The van der Waals surface area contributed by atoms with Crippen LogP contribution >= 0.6 is 0 Å². The van der Waals surface area contributed by atoms with Gasteiger partial charge in [0.15, 0.2) is 0 Å². The van der Waals surface area contributed by atoms with Crippen molar-refractivity contribution >= 4 is 11.7 Å². The van der Waals surface area contributed by atoms with E-state index in [1.54, 1.807) is 0 Å². The topological polar surface area (TPSA) is 40.5 Å². The van der Waals surface area contributed by atoms with E-state index >= 15 is 0 Å². The lowest BCUT2D eigenvalue weighted by Gasteiger charge is -2.48. The number of hydrogen-bond donors (Lipinski definition) is 1. The van der Waals surface area contributed by atoms with Crippen molar-refractivity contribution in [3.05, 3.63) is 29.3 Å². The highest BCUT2D eigenvalue weighted by Gasteiger charge is 2.43. The number of carbonyl (C=O) groups is 1. The van der Waals surface area contributed by atoms with Gasteiger partial charge in [0.25, 0.3) is 0 Å². The molecule has 1 aromatic rings. The number of aryl methyl sites for hydroxylation is 2. The number of carboxylic acids is 1. The van der Waals surface area contributed by atoms with Gasteiger partial charge >= 0.3 is 5.97 Å². The minimum atomic E-state index is -0.681. The summed E-state index contributed by atoms with van der Waals surface area (Å²) in [6, 6.07) is 6.39. The normalized spacial score (nSPS) is 22.3. The molecule has 1 heterocycles. The van der Waals surface area contributed by atoms with E-state index in [2.05, 4.69) is 36.9 Å². The highest BCUT2D eigenvalue weighted by atomic mass is 16.4. The predicted octanol–water partition coefficient (Wildman–Crippen LogP) is 3.38. The highest BCUT2D eigenvalue weighted by molar-refractivity contribution is 5.74. The molecular weight excluding hydrogens is 238 g/mol. The summed E-state index contributed by atoms with van der Waals surface area (Å²) in [4.78, 5) is 13.7. The average Bonchev–Trinajstić information content (AvgIpc) is 2.31. The SMILES string of the molecule is Cc1ccc(C)c(N2CCCC(C(=O)O)C2(C)C)c1. The molecule has 1 aliphatic heterocycles. The van der Waals surface area contributed by atoms with Crippen LogP contribution in [0.3, 0.4) is 0 Å². The van der Waals surface area contributed by atoms with Gasteiger partial charge in [-0.25, -0.2) is 0 Å². The zero-order valence-electron chi connectivity index (χ0n) is 12.2. The summed E-state index contributed by atoms with van der Waals surface area (Å²) in [5.41, 5.74) is 3.26. The zero-order chi connectivity index (χ0) is 14.2. The number of benzene rings is 1. The molecule has 0 aromatic heterocycles. The number of rotatable bonds is 2. The fourth-order valence-electron chi connectivity index (χ4n) is 3.15. The van der Waals surface area contributed by atoms with Gasteiger partial charge in [0, 0.05) is 17.8 Å². The molecule has 2 rings (SSSR count). The molecule has 1 atom stereocenters. The van der Waals surface area contributed by atoms with Crippen LogP contribution in [-0.4, -0.2) is 23.2 Å². The Morgan fingerprint density at radius 3 is 2.68 bits per heavy atom. The Morgan fingerprint density at radius 1 is 1.37 bits per heavy atom. The summed E-state index contributed by atoms with van der Waals surface area (Å²) in [5, 5.41) is 9.44. The molecule has 0 aliphatic carbocycles. The number of carboxylic acid groups (broad SMARTS) is 1. The minimum absolute atomic E-state index is 0.304. The van der Waals surface area contributed by atoms with Gasteiger partial charge in [-0.1, -0.05) is 12.1 Å². The van der Waals surface area contributed by atoms with Gasteiger partial charge in [-0.2, -0.15) is 0 Å². The third kappa shape index (κ3) is 2.46. The quantitative estimate of drug-likeness (QED) is 0.887. The maximum absolute atomic E-state index is 11.5. The molecule has 0 radical (unpaired) electrons. The molecule has 0 amide bonds. The maximum Gasteiger partial charge on any atom is 0.308 e. The lowest BCUT2D eigenvalue weighted by Crippen LogP contribution is -2.56. The molecule has 19 heavy (non-hydrogen) atoms. The molecule has 0 saturated carbocycles. The van der Waals surface area contributed by atoms with Crippen molar-refractivity contribution < 1.29 is 9.90 Å². The molecule has 104 valence electrons. The van der Waals surface area contributed by atoms with Crippen molar-refractivity contribution in [3.8, 4) is 0 Å². The summed E-state index contributed by atoms with van der Waals surface area (Å²) in [5.74, 6) is -0.985. The number of piperidine rings is 1. The first-order valence-electron chi connectivity index (χ1n) is 6.91. The first kappa shape index (κ1) is 13.9. The predicted molar refractivity (Wildman–Crippen MR) is 77.7 cm³/mol. The zero-order valence-corrected chi connectivity index (χ0v) is 12.2. The van der Waals surface area contributed by atoms with E-state index in [-0.39, 0.29) is 11.5 Å². The van der Waals surface area contributed by atoms with Crippen molar-refractivity contribution in [3.63, 3.8) is 0 Å². The number of aliphatic carboxylic acids is 1. The first-order valence-corrected chi connectivity index (χ1v) is 6.91. The molecule has 1 N–H and O–H groups in total. The largest absolute Gasteiger partial charge is 0.481 e. The Hall–Kier alpha value is -1.51. The van der Waals surface area contributed by atoms with Crippen LogP contribution in [-0.2, 0) is 4.79 Å². The monoisotopic (exact) mass is 261 g/mol. The van der Waals surface area contributed by atoms with Gasteiger partial charge in [0.2, 0.25) is 0 Å². The Morgan fingerprint density at radius 2 is 2.05 bits per heavy atom. The van der Waals surface area contributed by atoms with Crippen LogP contribution in [0.5, 0.6) is 0 Å².